The third-order valence-corrected chi connectivity index (χ3v) is 2.95. The molecular weight excluding hydrogens is 274 g/mol. The van der Waals surface area contributed by atoms with Crippen LogP contribution in [0.2, 0.25) is 0 Å². The Balaban J connectivity index is 1.72. The Morgan fingerprint density at radius 3 is 2.95 bits per heavy atom. The standard InChI is InChI=1S/C13H11N5O3/c19-18(20)10-2-3-11-9(7-10)1-4-12(16-11)14-6-5-13-15-8-21-17-13/h1-4,7-8H,5-6H2,(H,14,16). The maximum atomic E-state index is 10.7. The van der Waals surface area contributed by atoms with Gasteiger partial charge in [0, 0.05) is 30.5 Å². The average Bonchev–Trinajstić information content (AvgIpc) is 3.00. The van der Waals surface area contributed by atoms with Crippen LogP contribution in [0.5, 0.6) is 0 Å². The molecule has 2 aromatic heterocycles. The fourth-order valence-corrected chi connectivity index (χ4v) is 1.93. The van der Waals surface area contributed by atoms with Crippen molar-refractivity contribution in [1.29, 1.82) is 0 Å². The lowest BCUT2D eigenvalue weighted by Gasteiger charge is -2.05. The van der Waals surface area contributed by atoms with Gasteiger partial charge >= 0.3 is 0 Å². The number of fused-ring (bicyclic) bond motifs is 1. The molecule has 0 fully saturated rings. The smallest absolute Gasteiger partial charge is 0.270 e. The largest absolute Gasteiger partial charge is 0.370 e. The van der Waals surface area contributed by atoms with E-state index < -0.39 is 4.92 Å². The highest BCUT2D eigenvalue weighted by Crippen LogP contribution is 2.20. The number of aromatic nitrogens is 3. The molecule has 0 saturated carbocycles. The molecule has 0 radical (unpaired) electrons. The predicted molar refractivity (Wildman–Crippen MR) is 74.9 cm³/mol. The van der Waals surface area contributed by atoms with Crippen LogP contribution in [0.25, 0.3) is 10.9 Å². The first-order valence-electron chi connectivity index (χ1n) is 6.27. The van der Waals surface area contributed by atoms with Gasteiger partial charge < -0.3 is 9.84 Å². The van der Waals surface area contributed by atoms with E-state index in [9.17, 15) is 10.1 Å². The zero-order valence-corrected chi connectivity index (χ0v) is 10.9. The second kappa shape index (κ2) is 5.53. The Labute approximate surface area is 119 Å². The second-order valence-corrected chi connectivity index (χ2v) is 4.35. The number of pyridine rings is 1. The maximum absolute atomic E-state index is 10.7. The minimum Gasteiger partial charge on any atom is -0.370 e. The number of nitrogens with zero attached hydrogens (tertiary/aromatic N) is 4. The average molecular weight is 285 g/mol. The normalized spacial score (nSPS) is 10.7. The van der Waals surface area contributed by atoms with Gasteiger partial charge in [-0.25, -0.2) is 4.98 Å². The third kappa shape index (κ3) is 2.94. The second-order valence-electron chi connectivity index (χ2n) is 4.35. The number of nitro groups is 1. The summed E-state index contributed by atoms with van der Waals surface area (Å²) in [6, 6.07) is 8.16. The lowest BCUT2D eigenvalue weighted by Crippen LogP contribution is -2.07. The minimum atomic E-state index is -0.420. The van der Waals surface area contributed by atoms with Gasteiger partial charge in [-0.15, -0.1) is 0 Å². The monoisotopic (exact) mass is 285 g/mol. The number of anilines is 1. The molecule has 8 heteroatoms. The highest BCUT2D eigenvalue weighted by Gasteiger charge is 2.07. The molecule has 106 valence electrons. The maximum Gasteiger partial charge on any atom is 0.270 e. The van der Waals surface area contributed by atoms with E-state index in [2.05, 4.69) is 25.0 Å². The lowest BCUT2D eigenvalue weighted by molar-refractivity contribution is -0.384. The molecule has 0 amide bonds. The van der Waals surface area contributed by atoms with E-state index in [4.69, 9.17) is 0 Å². The predicted octanol–water partition coefficient (Wildman–Crippen LogP) is 2.18. The number of nitrogens with one attached hydrogen (secondary N) is 1. The van der Waals surface area contributed by atoms with Crippen LogP contribution < -0.4 is 5.32 Å². The lowest BCUT2D eigenvalue weighted by atomic mass is 10.2. The van der Waals surface area contributed by atoms with Crippen LogP contribution in [0.4, 0.5) is 11.5 Å². The van der Waals surface area contributed by atoms with Crippen LogP contribution in [0.15, 0.2) is 41.2 Å². The summed E-state index contributed by atoms with van der Waals surface area (Å²) in [6.07, 6.45) is 1.91. The molecule has 21 heavy (non-hydrogen) atoms. The van der Waals surface area contributed by atoms with Crippen molar-refractivity contribution in [2.24, 2.45) is 0 Å². The Morgan fingerprint density at radius 2 is 2.19 bits per heavy atom. The van der Waals surface area contributed by atoms with Gasteiger partial charge in [0.05, 0.1) is 10.4 Å². The van der Waals surface area contributed by atoms with E-state index in [0.717, 1.165) is 5.39 Å². The first kappa shape index (κ1) is 13.0. The molecule has 3 rings (SSSR count). The van der Waals surface area contributed by atoms with Crippen LogP contribution in [0, 0.1) is 10.1 Å². The number of nitro benzene ring substituents is 1. The van der Waals surface area contributed by atoms with E-state index in [1.54, 1.807) is 18.2 Å². The number of benzene rings is 1. The summed E-state index contributed by atoms with van der Waals surface area (Å²) in [5.41, 5.74) is 0.757. The first-order chi connectivity index (χ1) is 10.2. The van der Waals surface area contributed by atoms with E-state index in [1.807, 2.05) is 0 Å². The van der Waals surface area contributed by atoms with Crippen LogP contribution >= 0.6 is 0 Å². The number of hydrogen-bond donors (Lipinski definition) is 1. The van der Waals surface area contributed by atoms with Gasteiger partial charge in [0.2, 0.25) is 6.39 Å². The summed E-state index contributed by atoms with van der Waals surface area (Å²) in [5, 5.41) is 18.3. The Morgan fingerprint density at radius 1 is 1.29 bits per heavy atom. The van der Waals surface area contributed by atoms with E-state index >= 15 is 0 Å². The van der Waals surface area contributed by atoms with Crippen molar-refractivity contribution in [3.8, 4) is 0 Å². The van der Waals surface area contributed by atoms with Gasteiger partial charge in [0.25, 0.3) is 5.69 Å². The van der Waals surface area contributed by atoms with Gasteiger partial charge in [-0.1, -0.05) is 5.16 Å². The highest BCUT2D eigenvalue weighted by atomic mass is 16.6. The van der Waals surface area contributed by atoms with Gasteiger partial charge in [0.15, 0.2) is 5.82 Å². The van der Waals surface area contributed by atoms with Crippen molar-refractivity contribution in [2.75, 3.05) is 11.9 Å². The Kier molecular flexibility index (Phi) is 3.42. The Hall–Kier alpha value is -3.03. The van der Waals surface area contributed by atoms with Gasteiger partial charge in [-0.2, -0.15) is 4.98 Å². The molecule has 3 aromatic rings. The molecule has 0 bridgehead atoms. The van der Waals surface area contributed by atoms with Gasteiger partial charge in [0.1, 0.15) is 5.82 Å². The van der Waals surface area contributed by atoms with Gasteiger partial charge in [-0.05, 0) is 18.2 Å². The zero-order chi connectivity index (χ0) is 14.7. The van der Waals surface area contributed by atoms with Crippen molar-refractivity contribution in [1.82, 2.24) is 15.1 Å². The molecule has 0 atom stereocenters. The molecule has 0 aliphatic carbocycles. The first-order valence-corrected chi connectivity index (χ1v) is 6.27. The van der Waals surface area contributed by atoms with E-state index in [-0.39, 0.29) is 5.69 Å². The highest BCUT2D eigenvalue weighted by molar-refractivity contribution is 5.82. The van der Waals surface area contributed by atoms with E-state index in [0.29, 0.717) is 30.1 Å². The van der Waals surface area contributed by atoms with Crippen molar-refractivity contribution < 1.29 is 9.45 Å². The van der Waals surface area contributed by atoms with E-state index in [1.165, 1.54) is 18.5 Å². The van der Waals surface area contributed by atoms with Crippen molar-refractivity contribution >= 4 is 22.4 Å². The van der Waals surface area contributed by atoms with Crippen LogP contribution in [0.1, 0.15) is 5.82 Å². The fraction of sp³-hybridized carbons (Fsp3) is 0.154. The quantitative estimate of drug-likeness (QED) is 0.565. The Bertz CT molecular complexity index is 773. The molecule has 0 aliphatic heterocycles. The molecule has 0 aliphatic rings. The molecule has 0 saturated heterocycles. The summed E-state index contributed by atoms with van der Waals surface area (Å²) in [5.74, 6) is 1.32. The summed E-state index contributed by atoms with van der Waals surface area (Å²) in [4.78, 5) is 18.6. The molecule has 8 nitrogen and oxygen atoms in total. The molecule has 1 N–H and O–H groups in total. The molecule has 1 aromatic carbocycles. The summed E-state index contributed by atoms with van der Waals surface area (Å²) < 4.78 is 4.65. The summed E-state index contributed by atoms with van der Waals surface area (Å²) in [7, 11) is 0. The molecule has 2 heterocycles. The number of hydrogen-bond acceptors (Lipinski definition) is 7. The van der Waals surface area contributed by atoms with Crippen molar-refractivity contribution in [2.45, 2.75) is 6.42 Å². The number of non-ortho nitro benzene ring substituents is 1. The van der Waals surface area contributed by atoms with Crippen LogP contribution in [0.3, 0.4) is 0 Å². The summed E-state index contributed by atoms with van der Waals surface area (Å²) in [6.45, 7) is 0.616. The van der Waals surface area contributed by atoms with Gasteiger partial charge in [-0.3, -0.25) is 10.1 Å². The number of rotatable bonds is 5. The van der Waals surface area contributed by atoms with Crippen LogP contribution in [-0.4, -0.2) is 26.6 Å². The molecule has 0 spiro atoms. The molecular formula is C13H11N5O3. The minimum absolute atomic E-state index is 0.0575. The van der Waals surface area contributed by atoms with Crippen LogP contribution in [-0.2, 0) is 6.42 Å². The van der Waals surface area contributed by atoms with Crippen molar-refractivity contribution in [3.05, 3.63) is 52.7 Å². The fourth-order valence-electron chi connectivity index (χ4n) is 1.93. The SMILES string of the molecule is O=[N+]([O-])c1ccc2nc(NCCc3ncon3)ccc2c1. The molecule has 0 unspecified atom stereocenters. The summed E-state index contributed by atoms with van der Waals surface area (Å²) >= 11 is 0. The zero-order valence-electron chi connectivity index (χ0n) is 10.9. The topological polar surface area (TPSA) is 107 Å². The van der Waals surface area contributed by atoms with Crippen molar-refractivity contribution in [3.63, 3.8) is 0 Å². The third-order valence-electron chi connectivity index (χ3n) is 2.95.